The molecule has 8 nitrogen and oxygen atoms in total. The van der Waals surface area contributed by atoms with Crippen molar-refractivity contribution >= 4 is 45.7 Å². The smallest absolute Gasteiger partial charge is 0.271 e. The molecule has 1 aliphatic rings. The molecule has 0 fully saturated rings. The van der Waals surface area contributed by atoms with E-state index in [1.807, 2.05) is 57.2 Å². The lowest BCUT2D eigenvalue weighted by atomic mass is 9.90. The Bertz CT molecular complexity index is 1910. The quantitative estimate of drug-likeness (QED) is 0.284. The molecule has 10 heteroatoms. The van der Waals surface area contributed by atoms with E-state index in [-0.39, 0.29) is 11.5 Å². The Morgan fingerprint density at radius 2 is 1.76 bits per heavy atom. The number of allylic oxidation sites excluding steroid dienone is 1. The molecule has 5 rings (SSSR count). The maximum Gasteiger partial charge on any atom is 0.271 e. The second-order valence-corrected chi connectivity index (χ2v) is 11.1. The highest BCUT2D eigenvalue weighted by Gasteiger charge is 2.36. The van der Waals surface area contributed by atoms with Crippen LogP contribution in [0.15, 0.2) is 69.6 Å². The number of methoxy groups -OCH3 is 3. The van der Waals surface area contributed by atoms with Crippen LogP contribution in [0.25, 0.3) is 16.8 Å². The van der Waals surface area contributed by atoms with Crippen LogP contribution in [0.1, 0.15) is 37.9 Å². The molecule has 0 unspecified atom stereocenters. The molecule has 0 bridgehead atoms. The zero-order chi connectivity index (χ0) is 30.1. The van der Waals surface area contributed by atoms with Crippen LogP contribution in [-0.2, 0) is 4.79 Å². The molecule has 1 aliphatic heterocycles. The van der Waals surface area contributed by atoms with Gasteiger partial charge in [0.2, 0.25) is 0 Å². The van der Waals surface area contributed by atoms with Gasteiger partial charge in [0, 0.05) is 18.7 Å². The van der Waals surface area contributed by atoms with Crippen LogP contribution in [0.5, 0.6) is 17.2 Å². The van der Waals surface area contributed by atoms with Gasteiger partial charge in [-0.25, -0.2) is 4.99 Å². The SMILES string of the molecule is CCN(CC)C(=O)C1=C(C)N=c2s/c(=C/c3cc(Cl)c(OC)c(OC)c3)c(=O)n2[C@H]1c1c(OC)ccc2ccccc12. The van der Waals surface area contributed by atoms with Crippen LogP contribution in [-0.4, -0.2) is 49.8 Å². The highest BCUT2D eigenvalue weighted by Crippen LogP contribution is 2.41. The molecule has 0 aliphatic carbocycles. The van der Waals surface area contributed by atoms with E-state index in [0.717, 1.165) is 16.3 Å². The fourth-order valence-electron chi connectivity index (χ4n) is 5.46. The van der Waals surface area contributed by atoms with Crippen LogP contribution in [0.2, 0.25) is 5.02 Å². The Morgan fingerprint density at radius 1 is 1.05 bits per heavy atom. The average molecular weight is 606 g/mol. The van der Waals surface area contributed by atoms with Gasteiger partial charge in [-0.15, -0.1) is 0 Å². The number of nitrogens with zero attached hydrogens (tertiary/aromatic N) is 3. The molecule has 0 radical (unpaired) electrons. The Kier molecular flexibility index (Phi) is 8.43. The standard InChI is InChI=1S/C32H32ClN3O5S/c1-7-35(8-2)31(38)26-18(3)34-32-36(28(26)27-21-12-10-9-11-20(21)13-14-23(27)39-4)30(37)25(42-32)17-19-15-22(33)29(41-6)24(16-19)40-5/h9-17,28H,7-8H2,1-6H3/b25-17+/t28-/m1/s1. The molecule has 0 N–H and O–H groups in total. The summed E-state index contributed by atoms with van der Waals surface area (Å²) in [5.41, 5.74) is 2.14. The molecule has 218 valence electrons. The van der Waals surface area contributed by atoms with Crippen LogP contribution < -0.4 is 29.1 Å². The fraction of sp³-hybridized carbons (Fsp3) is 0.281. The largest absolute Gasteiger partial charge is 0.496 e. The van der Waals surface area contributed by atoms with Crippen molar-refractivity contribution in [2.45, 2.75) is 26.8 Å². The van der Waals surface area contributed by atoms with Gasteiger partial charge in [0.05, 0.1) is 42.2 Å². The zero-order valence-electron chi connectivity index (χ0n) is 24.4. The number of benzene rings is 3. The number of rotatable bonds is 8. The molecule has 1 aromatic heterocycles. The van der Waals surface area contributed by atoms with Gasteiger partial charge in [-0.1, -0.05) is 53.3 Å². The van der Waals surface area contributed by atoms with E-state index in [1.165, 1.54) is 25.6 Å². The molecule has 0 spiro atoms. The summed E-state index contributed by atoms with van der Waals surface area (Å²) in [4.78, 5) is 35.4. The van der Waals surface area contributed by atoms with Gasteiger partial charge in [-0.2, -0.15) is 0 Å². The van der Waals surface area contributed by atoms with E-state index in [1.54, 1.807) is 34.8 Å². The molecule has 0 saturated heterocycles. The summed E-state index contributed by atoms with van der Waals surface area (Å²) in [7, 11) is 4.64. The fourth-order valence-corrected chi connectivity index (χ4v) is 6.80. The molecular weight excluding hydrogens is 574 g/mol. The van der Waals surface area contributed by atoms with Crippen LogP contribution in [0, 0.1) is 0 Å². The predicted molar refractivity (Wildman–Crippen MR) is 167 cm³/mol. The minimum atomic E-state index is -0.758. The van der Waals surface area contributed by atoms with Gasteiger partial charge in [0.25, 0.3) is 11.5 Å². The number of halogens is 1. The van der Waals surface area contributed by atoms with Crippen LogP contribution in [0.3, 0.4) is 0 Å². The topological polar surface area (TPSA) is 82.4 Å². The highest BCUT2D eigenvalue weighted by molar-refractivity contribution is 7.07. The first kappa shape index (κ1) is 29.4. The summed E-state index contributed by atoms with van der Waals surface area (Å²) in [6, 6.07) is 14.5. The summed E-state index contributed by atoms with van der Waals surface area (Å²) >= 11 is 7.71. The number of hydrogen-bond acceptors (Lipinski definition) is 7. The molecule has 4 aromatic rings. The van der Waals surface area contributed by atoms with Crippen molar-refractivity contribution < 1.29 is 19.0 Å². The first-order valence-electron chi connectivity index (χ1n) is 13.6. The Morgan fingerprint density at radius 3 is 2.43 bits per heavy atom. The number of amides is 1. The second-order valence-electron chi connectivity index (χ2n) is 9.70. The van der Waals surface area contributed by atoms with Crippen molar-refractivity contribution in [2.24, 2.45) is 4.99 Å². The maximum atomic E-state index is 14.3. The molecule has 1 atom stereocenters. The lowest BCUT2D eigenvalue weighted by Gasteiger charge is -2.30. The molecule has 1 amide bonds. The number of thiazole rings is 1. The van der Waals surface area contributed by atoms with E-state index in [4.69, 9.17) is 30.8 Å². The van der Waals surface area contributed by atoms with Crippen molar-refractivity contribution in [3.63, 3.8) is 0 Å². The number of hydrogen-bond donors (Lipinski definition) is 0. The van der Waals surface area contributed by atoms with Crippen LogP contribution >= 0.6 is 22.9 Å². The van der Waals surface area contributed by atoms with Crippen molar-refractivity contribution in [2.75, 3.05) is 34.4 Å². The van der Waals surface area contributed by atoms with E-state index in [9.17, 15) is 9.59 Å². The van der Waals surface area contributed by atoms with E-state index in [2.05, 4.69) is 0 Å². The third kappa shape index (κ3) is 4.97. The van der Waals surface area contributed by atoms with Crippen molar-refractivity contribution in [1.82, 2.24) is 9.47 Å². The van der Waals surface area contributed by atoms with Gasteiger partial charge >= 0.3 is 0 Å². The summed E-state index contributed by atoms with van der Waals surface area (Å²) in [5, 5.41) is 2.22. The maximum absolute atomic E-state index is 14.3. The van der Waals surface area contributed by atoms with Crippen molar-refractivity contribution in [1.29, 1.82) is 0 Å². The number of likely N-dealkylation sites (N-methyl/N-ethyl adjacent to an activating group) is 1. The molecule has 42 heavy (non-hydrogen) atoms. The number of aromatic nitrogens is 1. The van der Waals surface area contributed by atoms with E-state index < -0.39 is 6.04 Å². The zero-order valence-corrected chi connectivity index (χ0v) is 25.9. The molecule has 3 aromatic carbocycles. The molecular formula is C32H32ClN3O5S. The number of fused-ring (bicyclic) bond motifs is 2. The Balaban J connectivity index is 1.83. The summed E-state index contributed by atoms with van der Waals surface area (Å²) in [5.74, 6) is 1.28. The summed E-state index contributed by atoms with van der Waals surface area (Å²) in [6.07, 6.45) is 1.75. The third-order valence-corrected chi connectivity index (χ3v) is 8.74. The van der Waals surface area contributed by atoms with Gasteiger partial charge in [0.1, 0.15) is 11.8 Å². The van der Waals surface area contributed by atoms with Crippen molar-refractivity contribution in [3.8, 4) is 17.2 Å². The van der Waals surface area contributed by atoms with E-state index in [0.29, 0.717) is 61.5 Å². The van der Waals surface area contributed by atoms with Crippen LogP contribution in [0.4, 0.5) is 0 Å². The molecule has 0 saturated carbocycles. The monoisotopic (exact) mass is 605 g/mol. The normalized spacial score (nSPS) is 14.9. The summed E-state index contributed by atoms with van der Waals surface area (Å²) in [6.45, 7) is 6.75. The first-order chi connectivity index (χ1) is 20.3. The molecule has 2 heterocycles. The number of carbonyl (C=O) groups is 1. The lowest BCUT2D eigenvalue weighted by Crippen LogP contribution is -2.43. The minimum Gasteiger partial charge on any atom is -0.496 e. The Labute approximate surface area is 252 Å². The minimum absolute atomic E-state index is 0.165. The average Bonchev–Trinajstić information content (AvgIpc) is 3.29. The third-order valence-electron chi connectivity index (χ3n) is 7.48. The lowest BCUT2D eigenvalue weighted by molar-refractivity contribution is -0.127. The second kappa shape index (κ2) is 12.0. The summed E-state index contributed by atoms with van der Waals surface area (Å²) < 4.78 is 18.7. The predicted octanol–water partition coefficient (Wildman–Crippen LogP) is 4.94. The first-order valence-corrected chi connectivity index (χ1v) is 14.8. The van der Waals surface area contributed by atoms with Gasteiger partial charge in [-0.3, -0.25) is 14.2 Å². The number of carbonyl (C=O) groups excluding carboxylic acids is 1. The number of ether oxygens (including phenoxy) is 3. The van der Waals surface area contributed by atoms with Gasteiger partial charge in [-0.05, 0) is 61.4 Å². The Hall–Kier alpha value is -4.08. The van der Waals surface area contributed by atoms with Gasteiger partial charge < -0.3 is 19.1 Å². The van der Waals surface area contributed by atoms with Crippen molar-refractivity contribution in [3.05, 3.63) is 95.6 Å². The van der Waals surface area contributed by atoms with E-state index >= 15 is 0 Å². The highest BCUT2D eigenvalue weighted by atomic mass is 35.5. The van der Waals surface area contributed by atoms with Gasteiger partial charge in [0.15, 0.2) is 16.3 Å².